The van der Waals surface area contributed by atoms with Crippen molar-refractivity contribution in [2.45, 2.75) is 25.9 Å². The predicted molar refractivity (Wildman–Crippen MR) is 77.5 cm³/mol. The summed E-state index contributed by atoms with van der Waals surface area (Å²) in [5.74, 6) is 0.592. The molecule has 1 N–H and O–H groups in total. The molecule has 1 unspecified atom stereocenters. The van der Waals surface area contributed by atoms with Gasteiger partial charge in [0.1, 0.15) is 11.6 Å². The Hall–Kier alpha value is -1.20. The smallest absolute Gasteiger partial charge is 0.142 e. The fourth-order valence-electron chi connectivity index (χ4n) is 2.18. The zero-order chi connectivity index (χ0) is 13.8. The van der Waals surface area contributed by atoms with E-state index in [4.69, 9.17) is 0 Å². The van der Waals surface area contributed by atoms with Crippen molar-refractivity contribution in [1.82, 2.24) is 14.9 Å². The Kier molecular flexibility index (Phi) is 4.71. The molecule has 2 aromatic rings. The Morgan fingerprint density at radius 2 is 2.26 bits per heavy atom. The number of benzene rings is 1. The van der Waals surface area contributed by atoms with E-state index in [-0.39, 0.29) is 11.9 Å². The standard InChI is InChI=1S/C14H17BrFN3/c1-3-8-19-9-7-18-14(19)13(17-2)10-5-4-6-11(15)12(10)16/h4-7,9,13,17H,3,8H2,1-2H3. The SMILES string of the molecule is CCCn1ccnc1C(NC)c1cccc(Br)c1F. The highest BCUT2D eigenvalue weighted by atomic mass is 79.9. The minimum Gasteiger partial charge on any atom is -0.333 e. The van der Waals surface area contributed by atoms with Gasteiger partial charge in [-0.2, -0.15) is 0 Å². The third kappa shape index (κ3) is 2.87. The second-order valence-electron chi connectivity index (χ2n) is 4.34. The zero-order valence-electron chi connectivity index (χ0n) is 11.0. The first-order valence-corrected chi connectivity index (χ1v) is 7.10. The maximum absolute atomic E-state index is 14.2. The van der Waals surface area contributed by atoms with Crippen LogP contribution in [-0.4, -0.2) is 16.6 Å². The Labute approximate surface area is 121 Å². The Morgan fingerprint density at radius 1 is 1.47 bits per heavy atom. The third-order valence-electron chi connectivity index (χ3n) is 3.05. The van der Waals surface area contributed by atoms with Crippen LogP contribution in [0.15, 0.2) is 35.1 Å². The van der Waals surface area contributed by atoms with Crippen molar-refractivity contribution >= 4 is 15.9 Å². The molecular formula is C14H17BrFN3. The molecule has 19 heavy (non-hydrogen) atoms. The highest BCUT2D eigenvalue weighted by Gasteiger charge is 2.21. The number of rotatable bonds is 5. The minimum absolute atomic E-state index is 0.243. The van der Waals surface area contributed by atoms with Crippen LogP contribution in [0.2, 0.25) is 0 Å². The highest BCUT2D eigenvalue weighted by molar-refractivity contribution is 9.10. The van der Waals surface area contributed by atoms with Crippen molar-refractivity contribution in [2.75, 3.05) is 7.05 Å². The summed E-state index contributed by atoms with van der Waals surface area (Å²) in [5, 5.41) is 3.14. The van der Waals surface area contributed by atoms with Gasteiger partial charge in [0.2, 0.25) is 0 Å². The molecule has 0 aliphatic heterocycles. The van der Waals surface area contributed by atoms with Crippen LogP contribution in [0.3, 0.4) is 0 Å². The van der Waals surface area contributed by atoms with Gasteiger partial charge in [0.25, 0.3) is 0 Å². The molecule has 5 heteroatoms. The Bertz CT molecular complexity index is 553. The van der Waals surface area contributed by atoms with Gasteiger partial charge < -0.3 is 9.88 Å². The average Bonchev–Trinajstić information content (AvgIpc) is 2.84. The molecule has 0 bridgehead atoms. The molecular weight excluding hydrogens is 309 g/mol. The molecule has 3 nitrogen and oxygen atoms in total. The van der Waals surface area contributed by atoms with Crippen LogP contribution in [0, 0.1) is 5.82 Å². The van der Waals surface area contributed by atoms with Crippen molar-refractivity contribution in [3.63, 3.8) is 0 Å². The normalized spacial score (nSPS) is 12.6. The number of nitrogens with zero attached hydrogens (tertiary/aromatic N) is 2. The van der Waals surface area contributed by atoms with E-state index in [1.807, 2.05) is 19.3 Å². The minimum atomic E-state index is -0.251. The predicted octanol–water partition coefficient (Wildman–Crippen LogP) is 3.50. The first kappa shape index (κ1) is 14.2. The number of nitrogens with one attached hydrogen (secondary N) is 1. The van der Waals surface area contributed by atoms with Crippen molar-refractivity contribution in [3.05, 3.63) is 52.3 Å². The molecule has 0 spiro atoms. The molecule has 0 aliphatic rings. The van der Waals surface area contributed by atoms with Crippen LogP contribution in [0.1, 0.15) is 30.8 Å². The van der Waals surface area contributed by atoms with Crippen LogP contribution in [0.5, 0.6) is 0 Å². The summed E-state index contributed by atoms with van der Waals surface area (Å²) in [6.07, 6.45) is 4.70. The number of hydrogen-bond donors (Lipinski definition) is 1. The van der Waals surface area contributed by atoms with Gasteiger partial charge in [-0.1, -0.05) is 19.1 Å². The van der Waals surface area contributed by atoms with E-state index in [0.717, 1.165) is 18.8 Å². The van der Waals surface area contributed by atoms with Crippen molar-refractivity contribution in [3.8, 4) is 0 Å². The van der Waals surface area contributed by atoms with Gasteiger partial charge in [0.05, 0.1) is 10.5 Å². The number of aromatic nitrogens is 2. The Balaban J connectivity index is 2.44. The summed E-state index contributed by atoms with van der Waals surface area (Å²) in [5.41, 5.74) is 0.598. The van der Waals surface area contributed by atoms with E-state index in [9.17, 15) is 4.39 Å². The monoisotopic (exact) mass is 325 g/mol. The topological polar surface area (TPSA) is 29.9 Å². The Morgan fingerprint density at radius 3 is 2.95 bits per heavy atom. The maximum atomic E-state index is 14.2. The first-order chi connectivity index (χ1) is 9.19. The van der Waals surface area contributed by atoms with Crippen LogP contribution >= 0.6 is 15.9 Å². The maximum Gasteiger partial charge on any atom is 0.142 e. The van der Waals surface area contributed by atoms with E-state index in [1.165, 1.54) is 0 Å². The molecule has 102 valence electrons. The van der Waals surface area contributed by atoms with E-state index in [1.54, 1.807) is 18.3 Å². The second-order valence-corrected chi connectivity index (χ2v) is 5.20. The third-order valence-corrected chi connectivity index (χ3v) is 3.66. The number of halogens is 2. The van der Waals surface area contributed by atoms with E-state index < -0.39 is 0 Å². The lowest BCUT2D eigenvalue weighted by molar-refractivity contribution is 0.531. The molecule has 0 saturated carbocycles. The molecule has 1 heterocycles. The van der Waals surface area contributed by atoms with Gasteiger partial charge in [-0.05, 0) is 35.5 Å². The molecule has 0 radical (unpaired) electrons. The number of imidazole rings is 1. The molecule has 0 amide bonds. The van der Waals surface area contributed by atoms with Gasteiger partial charge in [-0.15, -0.1) is 0 Å². The van der Waals surface area contributed by atoms with E-state index >= 15 is 0 Å². The lowest BCUT2D eigenvalue weighted by Gasteiger charge is -2.19. The van der Waals surface area contributed by atoms with Crippen LogP contribution in [-0.2, 0) is 6.54 Å². The molecule has 1 atom stereocenters. The largest absolute Gasteiger partial charge is 0.333 e. The zero-order valence-corrected chi connectivity index (χ0v) is 12.6. The van der Waals surface area contributed by atoms with E-state index in [2.05, 4.69) is 37.7 Å². The number of hydrogen-bond acceptors (Lipinski definition) is 2. The molecule has 2 rings (SSSR count). The van der Waals surface area contributed by atoms with Crippen LogP contribution in [0.25, 0.3) is 0 Å². The quantitative estimate of drug-likeness (QED) is 0.911. The van der Waals surface area contributed by atoms with Gasteiger partial charge in [0, 0.05) is 24.5 Å². The summed E-state index contributed by atoms with van der Waals surface area (Å²) in [6, 6.07) is 5.06. The fourth-order valence-corrected chi connectivity index (χ4v) is 2.56. The summed E-state index contributed by atoms with van der Waals surface area (Å²) < 4.78 is 16.8. The summed E-state index contributed by atoms with van der Waals surface area (Å²) in [7, 11) is 1.82. The molecule has 1 aromatic heterocycles. The average molecular weight is 326 g/mol. The second kappa shape index (κ2) is 6.30. The van der Waals surface area contributed by atoms with E-state index in [0.29, 0.717) is 10.0 Å². The summed E-state index contributed by atoms with van der Waals surface area (Å²) in [6.45, 7) is 2.99. The summed E-state index contributed by atoms with van der Waals surface area (Å²) >= 11 is 3.23. The van der Waals surface area contributed by atoms with Crippen LogP contribution < -0.4 is 5.32 Å². The van der Waals surface area contributed by atoms with Crippen molar-refractivity contribution in [1.29, 1.82) is 0 Å². The highest BCUT2D eigenvalue weighted by Crippen LogP contribution is 2.27. The van der Waals surface area contributed by atoms with Crippen molar-refractivity contribution < 1.29 is 4.39 Å². The van der Waals surface area contributed by atoms with Gasteiger partial charge >= 0.3 is 0 Å². The molecule has 0 saturated heterocycles. The van der Waals surface area contributed by atoms with Crippen LogP contribution in [0.4, 0.5) is 4.39 Å². The molecule has 1 aromatic carbocycles. The number of aryl methyl sites for hydroxylation is 1. The first-order valence-electron chi connectivity index (χ1n) is 6.31. The molecule has 0 fully saturated rings. The summed E-state index contributed by atoms with van der Waals surface area (Å²) in [4.78, 5) is 4.37. The van der Waals surface area contributed by atoms with Gasteiger partial charge in [0.15, 0.2) is 0 Å². The lowest BCUT2D eigenvalue weighted by Crippen LogP contribution is -2.23. The lowest BCUT2D eigenvalue weighted by atomic mass is 10.1. The van der Waals surface area contributed by atoms with Gasteiger partial charge in [-0.25, -0.2) is 9.37 Å². The fraction of sp³-hybridized carbons (Fsp3) is 0.357. The van der Waals surface area contributed by atoms with Crippen molar-refractivity contribution in [2.24, 2.45) is 0 Å². The molecule has 0 aliphatic carbocycles. The van der Waals surface area contributed by atoms with Gasteiger partial charge in [-0.3, -0.25) is 0 Å².